The number of fused-ring (bicyclic) bond motifs is 1. The zero-order valence-corrected chi connectivity index (χ0v) is 6.13. The number of hydrogen-bond acceptors (Lipinski definition) is 1. The van der Waals surface area contributed by atoms with Crippen molar-refractivity contribution in [2.24, 2.45) is 5.73 Å². The lowest BCUT2D eigenvalue weighted by molar-refractivity contribution is 0.330. The first-order valence-corrected chi connectivity index (χ1v) is 3.77. The maximum Gasteiger partial charge on any atom is 0.127 e. The summed E-state index contributed by atoms with van der Waals surface area (Å²) in [7, 11) is 0. The largest absolute Gasteiger partial charge is 0.324 e. The zero-order chi connectivity index (χ0) is 7.84. The average molecular weight is 151 g/mol. The predicted octanol–water partition coefficient (Wildman–Crippen LogP) is 2.10. The average Bonchev–Trinajstić information content (AvgIpc) is 2.30. The molecule has 1 aliphatic carbocycles. The van der Waals surface area contributed by atoms with Crippen LogP contribution in [0.15, 0.2) is 24.3 Å². The smallest absolute Gasteiger partial charge is 0.127 e. The Balaban J connectivity index is 2.52. The van der Waals surface area contributed by atoms with Gasteiger partial charge in [-0.05, 0) is 11.1 Å². The van der Waals surface area contributed by atoms with Gasteiger partial charge in [-0.15, -0.1) is 0 Å². The van der Waals surface area contributed by atoms with Gasteiger partial charge in [0.25, 0.3) is 0 Å². The second kappa shape index (κ2) is 2.31. The van der Waals surface area contributed by atoms with Crippen molar-refractivity contribution in [2.75, 3.05) is 0 Å². The molecule has 0 heterocycles. The van der Waals surface area contributed by atoms with E-state index in [2.05, 4.69) is 0 Å². The molecule has 0 spiro atoms. The Morgan fingerprint density at radius 2 is 1.91 bits per heavy atom. The van der Waals surface area contributed by atoms with Gasteiger partial charge < -0.3 is 5.73 Å². The molecule has 0 aliphatic heterocycles. The van der Waals surface area contributed by atoms with Gasteiger partial charge in [0.15, 0.2) is 0 Å². The standard InChI is InChI=1S/C9H10FN/c10-8-5-9(11)7-4-2-1-3-6(7)8/h1-4,8-9H,5,11H2/t8-,9-/m1/s1. The van der Waals surface area contributed by atoms with Crippen LogP contribution in [0.4, 0.5) is 4.39 Å². The third-order valence-electron chi connectivity index (χ3n) is 2.19. The highest BCUT2D eigenvalue weighted by Gasteiger charge is 2.27. The minimum absolute atomic E-state index is 0.0961. The van der Waals surface area contributed by atoms with Crippen LogP contribution in [0.3, 0.4) is 0 Å². The normalized spacial score (nSPS) is 28.5. The van der Waals surface area contributed by atoms with Gasteiger partial charge in [-0.3, -0.25) is 0 Å². The van der Waals surface area contributed by atoms with Crippen molar-refractivity contribution in [1.82, 2.24) is 0 Å². The summed E-state index contributed by atoms with van der Waals surface area (Å²) >= 11 is 0. The van der Waals surface area contributed by atoms with Crippen LogP contribution in [0, 0.1) is 0 Å². The van der Waals surface area contributed by atoms with Crippen molar-refractivity contribution in [2.45, 2.75) is 18.6 Å². The second-order valence-electron chi connectivity index (χ2n) is 2.94. The highest BCUT2D eigenvalue weighted by Crippen LogP contribution is 2.39. The molecule has 1 aromatic rings. The Morgan fingerprint density at radius 3 is 2.55 bits per heavy atom. The van der Waals surface area contributed by atoms with Gasteiger partial charge in [0.1, 0.15) is 6.17 Å². The molecule has 0 fully saturated rings. The first kappa shape index (κ1) is 6.80. The number of nitrogens with two attached hydrogens (primary N) is 1. The highest BCUT2D eigenvalue weighted by molar-refractivity contribution is 5.36. The molecule has 0 amide bonds. The van der Waals surface area contributed by atoms with Crippen LogP contribution >= 0.6 is 0 Å². The molecule has 0 bridgehead atoms. The van der Waals surface area contributed by atoms with Crippen molar-refractivity contribution < 1.29 is 4.39 Å². The maximum atomic E-state index is 13.1. The van der Waals surface area contributed by atoms with Crippen molar-refractivity contribution in [3.05, 3.63) is 35.4 Å². The SMILES string of the molecule is N[C@@H]1C[C@@H](F)c2ccccc21. The molecule has 0 radical (unpaired) electrons. The summed E-state index contributed by atoms with van der Waals surface area (Å²) in [6.07, 6.45) is -0.402. The second-order valence-corrected chi connectivity index (χ2v) is 2.94. The zero-order valence-electron chi connectivity index (χ0n) is 6.13. The summed E-state index contributed by atoms with van der Waals surface area (Å²) < 4.78 is 13.1. The van der Waals surface area contributed by atoms with Crippen molar-refractivity contribution in [1.29, 1.82) is 0 Å². The van der Waals surface area contributed by atoms with Crippen LogP contribution in [0.25, 0.3) is 0 Å². The molecule has 0 unspecified atom stereocenters. The summed E-state index contributed by atoms with van der Waals surface area (Å²) in [6, 6.07) is 7.37. The fourth-order valence-electron chi connectivity index (χ4n) is 1.61. The Kier molecular flexibility index (Phi) is 1.43. The number of hydrogen-bond donors (Lipinski definition) is 1. The molecule has 0 saturated heterocycles. The third-order valence-corrected chi connectivity index (χ3v) is 2.19. The van der Waals surface area contributed by atoms with Gasteiger partial charge in [0.2, 0.25) is 0 Å². The molecule has 2 atom stereocenters. The molecular formula is C9H10FN. The topological polar surface area (TPSA) is 26.0 Å². The van der Waals surface area contributed by atoms with E-state index in [9.17, 15) is 4.39 Å². The third kappa shape index (κ3) is 0.942. The lowest BCUT2D eigenvalue weighted by Crippen LogP contribution is -2.04. The number of alkyl halides is 1. The van der Waals surface area contributed by atoms with Gasteiger partial charge in [-0.1, -0.05) is 24.3 Å². The Hall–Kier alpha value is -0.890. The summed E-state index contributed by atoms with van der Waals surface area (Å²) in [6.45, 7) is 0. The first-order valence-electron chi connectivity index (χ1n) is 3.77. The van der Waals surface area contributed by atoms with Crippen molar-refractivity contribution in [3.8, 4) is 0 Å². The van der Waals surface area contributed by atoms with Gasteiger partial charge in [0, 0.05) is 12.5 Å². The molecule has 2 heteroatoms. The minimum Gasteiger partial charge on any atom is -0.324 e. The van der Waals surface area contributed by atoms with Crippen LogP contribution in [0.5, 0.6) is 0 Å². The van der Waals surface area contributed by atoms with Gasteiger partial charge in [0.05, 0.1) is 0 Å². The predicted molar refractivity (Wildman–Crippen MR) is 41.8 cm³/mol. The van der Waals surface area contributed by atoms with E-state index >= 15 is 0 Å². The lowest BCUT2D eigenvalue weighted by atomic mass is 10.1. The molecule has 58 valence electrons. The van der Waals surface area contributed by atoms with E-state index in [0.717, 1.165) is 11.1 Å². The van der Waals surface area contributed by atoms with E-state index in [1.807, 2.05) is 24.3 Å². The fraction of sp³-hybridized carbons (Fsp3) is 0.333. The quantitative estimate of drug-likeness (QED) is 0.603. The van der Waals surface area contributed by atoms with E-state index < -0.39 is 6.17 Å². The number of benzene rings is 1. The Labute approximate surface area is 65.0 Å². The molecular weight excluding hydrogens is 141 g/mol. The molecule has 11 heavy (non-hydrogen) atoms. The van der Waals surface area contributed by atoms with E-state index in [-0.39, 0.29) is 6.04 Å². The monoisotopic (exact) mass is 151 g/mol. The maximum absolute atomic E-state index is 13.1. The van der Waals surface area contributed by atoms with Crippen molar-refractivity contribution in [3.63, 3.8) is 0 Å². The number of halogens is 1. The fourth-order valence-corrected chi connectivity index (χ4v) is 1.61. The van der Waals surface area contributed by atoms with Crippen LogP contribution in [0.1, 0.15) is 29.8 Å². The summed E-state index contributed by atoms with van der Waals surface area (Å²) in [4.78, 5) is 0. The number of rotatable bonds is 0. The Bertz CT molecular complexity index is 245. The van der Waals surface area contributed by atoms with E-state index in [1.165, 1.54) is 0 Å². The summed E-state index contributed by atoms with van der Waals surface area (Å²) in [5, 5.41) is 0. The lowest BCUT2D eigenvalue weighted by Gasteiger charge is -2.01. The molecule has 1 nitrogen and oxygen atoms in total. The first-order chi connectivity index (χ1) is 5.29. The van der Waals surface area contributed by atoms with Gasteiger partial charge in [-0.2, -0.15) is 0 Å². The Morgan fingerprint density at radius 1 is 1.27 bits per heavy atom. The van der Waals surface area contributed by atoms with Crippen LogP contribution in [-0.2, 0) is 0 Å². The summed E-state index contributed by atoms with van der Waals surface area (Å²) in [5.41, 5.74) is 7.45. The molecule has 0 saturated carbocycles. The van der Waals surface area contributed by atoms with E-state index in [4.69, 9.17) is 5.73 Å². The summed E-state index contributed by atoms with van der Waals surface area (Å²) in [5.74, 6) is 0. The van der Waals surface area contributed by atoms with Crippen LogP contribution in [0.2, 0.25) is 0 Å². The molecule has 2 N–H and O–H groups in total. The van der Waals surface area contributed by atoms with Gasteiger partial charge >= 0.3 is 0 Å². The van der Waals surface area contributed by atoms with E-state index in [1.54, 1.807) is 0 Å². The minimum atomic E-state index is -0.846. The highest BCUT2D eigenvalue weighted by atomic mass is 19.1. The van der Waals surface area contributed by atoms with Crippen LogP contribution < -0.4 is 5.73 Å². The molecule has 1 aliphatic rings. The van der Waals surface area contributed by atoms with Crippen molar-refractivity contribution >= 4 is 0 Å². The van der Waals surface area contributed by atoms with Gasteiger partial charge in [-0.25, -0.2) is 4.39 Å². The van der Waals surface area contributed by atoms with Crippen LogP contribution in [-0.4, -0.2) is 0 Å². The molecule has 0 aromatic heterocycles. The molecule has 2 rings (SSSR count). The van der Waals surface area contributed by atoms with E-state index in [0.29, 0.717) is 6.42 Å². The molecule has 1 aromatic carbocycles.